The van der Waals surface area contributed by atoms with Crippen LogP contribution in [-0.4, -0.2) is 43.1 Å². The number of carbonyl (C=O) groups is 1. The van der Waals surface area contributed by atoms with Gasteiger partial charge in [-0.05, 0) is 59.6 Å². The predicted octanol–water partition coefficient (Wildman–Crippen LogP) is 3.87. The molecule has 0 unspecified atom stereocenters. The van der Waals surface area contributed by atoms with Crippen molar-refractivity contribution in [3.63, 3.8) is 0 Å². The van der Waals surface area contributed by atoms with E-state index >= 15 is 0 Å². The van der Waals surface area contributed by atoms with Crippen LogP contribution in [0.3, 0.4) is 0 Å². The first kappa shape index (κ1) is 17.8. The predicted molar refractivity (Wildman–Crippen MR) is 104 cm³/mol. The van der Waals surface area contributed by atoms with Gasteiger partial charge in [-0.2, -0.15) is 0 Å². The molecule has 0 N–H and O–H groups in total. The maximum atomic E-state index is 12.7. The Bertz CT molecular complexity index is 728. The third-order valence-corrected chi connectivity index (χ3v) is 5.07. The van der Waals surface area contributed by atoms with E-state index in [-0.39, 0.29) is 5.91 Å². The standard InChI is InChI=1S/C20H23BrN2O2/c1-15-8-9-19(18(21)14-15)25-16(2)20(24)23-12-10-22(11-13-23)17-6-4-3-5-7-17/h3-9,14,16H,10-13H2,1-2H3/t16-/m0/s1. The summed E-state index contributed by atoms with van der Waals surface area (Å²) in [7, 11) is 0. The van der Waals surface area contributed by atoms with Crippen LogP contribution < -0.4 is 9.64 Å². The average molecular weight is 403 g/mol. The van der Waals surface area contributed by atoms with E-state index in [1.54, 1.807) is 0 Å². The maximum Gasteiger partial charge on any atom is 0.263 e. The Hall–Kier alpha value is -2.01. The topological polar surface area (TPSA) is 32.8 Å². The third-order valence-electron chi connectivity index (χ3n) is 4.45. The van der Waals surface area contributed by atoms with Gasteiger partial charge < -0.3 is 14.5 Å². The van der Waals surface area contributed by atoms with Gasteiger partial charge in [-0.15, -0.1) is 0 Å². The molecule has 0 saturated carbocycles. The van der Waals surface area contributed by atoms with E-state index < -0.39 is 6.10 Å². The second-order valence-corrected chi connectivity index (χ2v) is 7.20. The Balaban J connectivity index is 1.56. The molecule has 1 amide bonds. The van der Waals surface area contributed by atoms with Gasteiger partial charge in [-0.25, -0.2) is 0 Å². The number of hydrogen-bond acceptors (Lipinski definition) is 3. The van der Waals surface area contributed by atoms with E-state index in [9.17, 15) is 4.79 Å². The van der Waals surface area contributed by atoms with Gasteiger partial charge in [0.05, 0.1) is 4.47 Å². The number of halogens is 1. The molecule has 1 heterocycles. The van der Waals surface area contributed by atoms with Crippen LogP contribution in [0.4, 0.5) is 5.69 Å². The van der Waals surface area contributed by atoms with E-state index in [0.29, 0.717) is 5.75 Å². The molecule has 0 radical (unpaired) electrons. The van der Waals surface area contributed by atoms with E-state index in [2.05, 4.69) is 33.0 Å². The second-order valence-electron chi connectivity index (χ2n) is 6.34. The van der Waals surface area contributed by atoms with Crippen LogP contribution in [-0.2, 0) is 4.79 Å². The summed E-state index contributed by atoms with van der Waals surface area (Å²) in [6.45, 7) is 6.97. The minimum Gasteiger partial charge on any atom is -0.480 e. The fraction of sp³-hybridized carbons (Fsp3) is 0.350. The first-order chi connectivity index (χ1) is 12.0. The van der Waals surface area contributed by atoms with Crippen molar-refractivity contribution < 1.29 is 9.53 Å². The van der Waals surface area contributed by atoms with Gasteiger partial charge >= 0.3 is 0 Å². The van der Waals surface area contributed by atoms with Gasteiger partial charge in [0.25, 0.3) is 5.91 Å². The molecule has 5 heteroatoms. The third kappa shape index (κ3) is 4.34. The summed E-state index contributed by atoms with van der Waals surface area (Å²) in [5.41, 5.74) is 2.36. The van der Waals surface area contributed by atoms with Crippen molar-refractivity contribution in [1.82, 2.24) is 4.90 Å². The van der Waals surface area contributed by atoms with Gasteiger partial charge in [0.2, 0.25) is 0 Å². The number of benzene rings is 2. The van der Waals surface area contributed by atoms with E-state index in [0.717, 1.165) is 36.2 Å². The molecule has 1 saturated heterocycles. The van der Waals surface area contributed by atoms with Gasteiger partial charge in [0.1, 0.15) is 5.75 Å². The molecule has 1 aliphatic heterocycles. The average Bonchev–Trinajstić information content (AvgIpc) is 2.64. The lowest BCUT2D eigenvalue weighted by Gasteiger charge is -2.37. The first-order valence-electron chi connectivity index (χ1n) is 8.56. The van der Waals surface area contributed by atoms with Crippen molar-refractivity contribution in [3.8, 4) is 5.75 Å². The summed E-state index contributed by atoms with van der Waals surface area (Å²) in [6, 6.07) is 16.2. The summed E-state index contributed by atoms with van der Waals surface area (Å²) in [5, 5.41) is 0. The molecule has 132 valence electrons. The Labute approximate surface area is 157 Å². The van der Waals surface area contributed by atoms with E-state index in [1.807, 2.05) is 55.1 Å². The fourth-order valence-electron chi connectivity index (χ4n) is 3.02. The van der Waals surface area contributed by atoms with Crippen molar-refractivity contribution in [2.75, 3.05) is 31.1 Å². The quantitative estimate of drug-likeness (QED) is 0.777. The molecule has 2 aromatic rings. The summed E-state index contributed by atoms with van der Waals surface area (Å²) in [5.74, 6) is 0.745. The lowest BCUT2D eigenvalue weighted by molar-refractivity contribution is -0.138. The van der Waals surface area contributed by atoms with Crippen LogP contribution in [0.25, 0.3) is 0 Å². The summed E-state index contributed by atoms with van der Waals surface area (Å²) in [4.78, 5) is 16.9. The number of nitrogens with zero attached hydrogens (tertiary/aromatic N) is 2. The fourth-order valence-corrected chi connectivity index (χ4v) is 3.61. The van der Waals surface area contributed by atoms with Gasteiger partial charge in [-0.3, -0.25) is 4.79 Å². The molecule has 0 aliphatic carbocycles. The smallest absolute Gasteiger partial charge is 0.263 e. The molecule has 3 rings (SSSR count). The second kappa shape index (κ2) is 7.91. The number of para-hydroxylation sites is 1. The lowest BCUT2D eigenvalue weighted by Crippen LogP contribution is -2.52. The highest BCUT2D eigenvalue weighted by Crippen LogP contribution is 2.27. The maximum absolute atomic E-state index is 12.7. The monoisotopic (exact) mass is 402 g/mol. The molecule has 0 bridgehead atoms. The Morgan fingerprint density at radius 1 is 1.08 bits per heavy atom. The van der Waals surface area contributed by atoms with Crippen LogP contribution in [0.15, 0.2) is 53.0 Å². The molecular formula is C20H23BrN2O2. The van der Waals surface area contributed by atoms with Crippen LogP contribution >= 0.6 is 15.9 Å². The number of anilines is 1. The Kier molecular flexibility index (Phi) is 5.63. The van der Waals surface area contributed by atoms with Crippen molar-refractivity contribution in [3.05, 3.63) is 58.6 Å². The normalized spacial score (nSPS) is 15.8. The molecular weight excluding hydrogens is 380 g/mol. The molecule has 2 aromatic carbocycles. The van der Waals surface area contributed by atoms with Crippen molar-refractivity contribution in [1.29, 1.82) is 0 Å². The van der Waals surface area contributed by atoms with Crippen LogP contribution in [0, 0.1) is 6.92 Å². The number of carbonyl (C=O) groups excluding carboxylic acids is 1. The van der Waals surface area contributed by atoms with Crippen molar-refractivity contribution >= 4 is 27.5 Å². The first-order valence-corrected chi connectivity index (χ1v) is 9.35. The number of amides is 1. The summed E-state index contributed by atoms with van der Waals surface area (Å²) >= 11 is 3.50. The Morgan fingerprint density at radius 3 is 2.40 bits per heavy atom. The number of rotatable bonds is 4. The minimum absolute atomic E-state index is 0.0418. The number of piperazine rings is 1. The SMILES string of the molecule is Cc1ccc(O[C@@H](C)C(=O)N2CCN(c3ccccc3)CC2)c(Br)c1. The molecule has 25 heavy (non-hydrogen) atoms. The number of aryl methyl sites for hydroxylation is 1. The molecule has 4 nitrogen and oxygen atoms in total. The zero-order valence-electron chi connectivity index (χ0n) is 14.6. The van der Waals surface area contributed by atoms with Crippen molar-refractivity contribution in [2.45, 2.75) is 20.0 Å². The van der Waals surface area contributed by atoms with E-state index in [1.165, 1.54) is 5.69 Å². The number of hydrogen-bond donors (Lipinski definition) is 0. The van der Waals surface area contributed by atoms with Crippen LogP contribution in [0.5, 0.6) is 5.75 Å². The van der Waals surface area contributed by atoms with Gasteiger partial charge in [0.15, 0.2) is 6.10 Å². The zero-order chi connectivity index (χ0) is 17.8. The lowest BCUT2D eigenvalue weighted by atomic mass is 10.2. The van der Waals surface area contributed by atoms with Gasteiger partial charge in [-0.1, -0.05) is 24.3 Å². The van der Waals surface area contributed by atoms with Crippen LogP contribution in [0.2, 0.25) is 0 Å². The zero-order valence-corrected chi connectivity index (χ0v) is 16.2. The van der Waals surface area contributed by atoms with Crippen molar-refractivity contribution in [2.24, 2.45) is 0 Å². The molecule has 1 aliphatic rings. The molecule has 1 fully saturated rings. The molecule has 0 spiro atoms. The number of ether oxygens (including phenoxy) is 1. The molecule has 1 atom stereocenters. The van der Waals surface area contributed by atoms with E-state index in [4.69, 9.17) is 4.74 Å². The highest BCUT2D eigenvalue weighted by molar-refractivity contribution is 9.10. The molecule has 0 aromatic heterocycles. The minimum atomic E-state index is -0.498. The highest BCUT2D eigenvalue weighted by atomic mass is 79.9. The summed E-state index contributed by atoms with van der Waals surface area (Å²) in [6.07, 6.45) is -0.498. The Morgan fingerprint density at radius 2 is 1.76 bits per heavy atom. The largest absolute Gasteiger partial charge is 0.480 e. The van der Waals surface area contributed by atoms with Crippen LogP contribution in [0.1, 0.15) is 12.5 Å². The highest BCUT2D eigenvalue weighted by Gasteiger charge is 2.26. The summed E-state index contributed by atoms with van der Waals surface area (Å²) < 4.78 is 6.75. The van der Waals surface area contributed by atoms with Gasteiger partial charge in [0, 0.05) is 31.9 Å².